The molecule has 1 aliphatic carbocycles. The first-order chi connectivity index (χ1) is 14.1. The molecule has 0 aliphatic heterocycles. The number of fused-ring (bicyclic) bond motifs is 2. The van der Waals surface area contributed by atoms with Gasteiger partial charge in [-0.1, -0.05) is 48.5 Å². The first-order valence-electron chi connectivity index (χ1n) is 9.74. The summed E-state index contributed by atoms with van der Waals surface area (Å²) in [5, 5.41) is 14.4. The predicted molar refractivity (Wildman–Crippen MR) is 113 cm³/mol. The number of aliphatic hydroxyl groups is 1. The van der Waals surface area contributed by atoms with Crippen molar-refractivity contribution in [2.24, 2.45) is 5.92 Å². The molecule has 1 aromatic heterocycles. The van der Waals surface area contributed by atoms with Gasteiger partial charge in [0, 0.05) is 35.9 Å². The highest BCUT2D eigenvalue weighted by Crippen LogP contribution is 2.41. The molecule has 0 fully saturated rings. The Hall–Kier alpha value is -3.47. The van der Waals surface area contributed by atoms with Crippen LogP contribution in [0, 0.1) is 5.92 Å². The minimum Gasteiger partial charge on any atom is -0.511 e. The van der Waals surface area contributed by atoms with Crippen LogP contribution in [0.4, 0.5) is 0 Å². The molecule has 5 nitrogen and oxygen atoms in total. The number of ketones is 1. The third kappa shape index (κ3) is 3.63. The van der Waals surface area contributed by atoms with Gasteiger partial charge in [0.25, 0.3) is 0 Å². The Morgan fingerprint density at radius 3 is 2.55 bits per heavy atom. The van der Waals surface area contributed by atoms with Crippen LogP contribution in [0.15, 0.2) is 66.4 Å². The second-order valence-corrected chi connectivity index (χ2v) is 7.20. The molecule has 2 atom stereocenters. The number of nitrogens with zero attached hydrogens (tertiary/aromatic N) is 1. The van der Waals surface area contributed by atoms with Gasteiger partial charge in [-0.15, -0.1) is 0 Å². The molecule has 2 N–H and O–H groups in total. The van der Waals surface area contributed by atoms with Crippen LogP contribution in [-0.2, 0) is 4.79 Å². The molecular formula is C24H22N2O3. The number of hydrogen-bond donors (Lipinski definition) is 2. The molecule has 1 aliphatic rings. The molecule has 1 heterocycles. The molecule has 0 saturated heterocycles. The van der Waals surface area contributed by atoms with Crippen LogP contribution in [0.3, 0.4) is 0 Å². The van der Waals surface area contributed by atoms with Crippen molar-refractivity contribution in [2.45, 2.75) is 19.3 Å². The molecule has 29 heavy (non-hydrogen) atoms. The summed E-state index contributed by atoms with van der Waals surface area (Å²) in [5.41, 5.74) is 2.81. The molecule has 4 rings (SSSR count). The number of rotatable bonds is 5. The van der Waals surface area contributed by atoms with Gasteiger partial charge in [-0.25, -0.2) is 4.98 Å². The maximum atomic E-state index is 13.0. The van der Waals surface area contributed by atoms with E-state index in [1.54, 1.807) is 18.2 Å². The van der Waals surface area contributed by atoms with Gasteiger partial charge in [0.05, 0.1) is 11.2 Å². The SMILES string of the molecule is CCNC(=O)C1C(O)=Cc2nc3ccccc3cc2C1CC(=O)c1ccccc1. The summed E-state index contributed by atoms with van der Waals surface area (Å²) in [6, 6.07) is 18.7. The Morgan fingerprint density at radius 1 is 1.07 bits per heavy atom. The average Bonchev–Trinajstić information content (AvgIpc) is 2.73. The molecule has 0 spiro atoms. The fraction of sp³-hybridized carbons (Fsp3) is 0.208. The summed E-state index contributed by atoms with van der Waals surface area (Å²) in [6.07, 6.45) is 1.65. The summed E-state index contributed by atoms with van der Waals surface area (Å²) in [5.74, 6) is -1.73. The van der Waals surface area contributed by atoms with Crippen molar-refractivity contribution < 1.29 is 14.7 Å². The third-order valence-electron chi connectivity index (χ3n) is 5.32. The summed E-state index contributed by atoms with van der Waals surface area (Å²) in [7, 11) is 0. The highest BCUT2D eigenvalue weighted by atomic mass is 16.3. The number of carbonyl (C=O) groups excluding carboxylic acids is 2. The molecule has 0 radical (unpaired) electrons. The number of amides is 1. The van der Waals surface area contributed by atoms with Crippen LogP contribution in [0.5, 0.6) is 0 Å². The molecule has 3 aromatic rings. The lowest BCUT2D eigenvalue weighted by Gasteiger charge is -2.30. The number of nitrogens with one attached hydrogen (secondary N) is 1. The normalized spacial score (nSPS) is 18.0. The van der Waals surface area contributed by atoms with Crippen molar-refractivity contribution in [2.75, 3.05) is 6.54 Å². The number of hydrogen-bond acceptors (Lipinski definition) is 4. The summed E-state index contributed by atoms with van der Waals surface area (Å²) >= 11 is 0. The number of para-hydroxylation sites is 1. The Morgan fingerprint density at radius 2 is 1.79 bits per heavy atom. The van der Waals surface area contributed by atoms with Gasteiger partial charge in [0.2, 0.25) is 5.91 Å². The Balaban J connectivity index is 1.81. The fourth-order valence-electron chi connectivity index (χ4n) is 3.95. The number of pyridine rings is 1. The summed E-state index contributed by atoms with van der Waals surface area (Å²) < 4.78 is 0. The average molecular weight is 386 g/mol. The van der Waals surface area contributed by atoms with Crippen LogP contribution in [-0.4, -0.2) is 28.3 Å². The maximum absolute atomic E-state index is 13.0. The number of carbonyl (C=O) groups is 2. The number of Topliss-reactive ketones (excluding diaryl/α,β-unsaturated/α-hetero) is 1. The van der Waals surface area contributed by atoms with E-state index >= 15 is 0 Å². The Kier molecular flexibility index (Phi) is 5.12. The van der Waals surface area contributed by atoms with Crippen LogP contribution in [0.25, 0.3) is 17.0 Å². The van der Waals surface area contributed by atoms with E-state index in [0.29, 0.717) is 17.8 Å². The quantitative estimate of drug-likeness (QED) is 0.642. The third-order valence-corrected chi connectivity index (χ3v) is 5.32. The molecule has 0 bridgehead atoms. The van der Waals surface area contributed by atoms with Gasteiger partial charge in [-0.05, 0) is 24.6 Å². The Labute approximate surface area is 169 Å². The van der Waals surface area contributed by atoms with Crippen LogP contribution in [0.1, 0.15) is 40.9 Å². The monoisotopic (exact) mass is 386 g/mol. The molecule has 0 saturated carbocycles. The van der Waals surface area contributed by atoms with Crippen molar-refractivity contribution in [1.29, 1.82) is 0 Å². The van der Waals surface area contributed by atoms with Crippen molar-refractivity contribution in [3.05, 3.63) is 83.2 Å². The van der Waals surface area contributed by atoms with Crippen molar-refractivity contribution in [3.8, 4) is 0 Å². The molecule has 1 amide bonds. The molecule has 5 heteroatoms. The zero-order valence-corrected chi connectivity index (χ0v) is 16.1. The van der Waals surface area contributed by atoms with Crippen molar-refractivity contribution >= 4 is 28.7 Å². The van der Waals surface area contributed by atoms with Crippen molar-refractivity contribution in [1.82, 2.24) is 10.3 Å². The lowest BCUT2D eigenvalue weighted by molar-refractivity contribution is -0.125. The second-order valence-electron chi connectivity index (χ2n) is 7.20. The minimum atomic E-state index is -0.821. The highest BCUT2D eigenvalue weighted by Gasteiger charge is 2.39. The lowest BCUT2D eigenvalue weighted by atomic mass is 9.75. The van der Waals surface area contributed by atoms with Gasteiger partial charge in [0.15, 0.2) is 5.78 Å². The van der Waals surface area contributed by atoms with E-state index in [1.165, 1.54) is 0 Å². The van der Waals surface area contributed by atoms with Crippen molar-refractivity contribution in [3.63, 3.8) is 0 Å². The standard InChI is InChI=1S/C24H22N2O3/c1-2-25-24(29)23-18(13-21(27)15-8-4-3-5-9-15)17-12-16-10-6-7-11-19(16)26-20(17)14-22(23)28/h3-12,14,18,23,28H,2,13H2,1H3,(H,25,29). The van der Waals surface area contributed by atoms with E-state index in [0.717, 1.165) is 16.5 Å². The van der Waals surface area contributed by atoms with Gasteiger partial charge in [-0.3, -0.25) is 9.59 Å². The summed E-state index contributed by atoms with van der Waals surface area (Å²) in [6.45, 7) is 2.28. The highest BCUT2D eigenvalue weighted by molar-refractivity contribution is 5.98. The van der Waals surface area contributed by atoms with Gasteiger partial charge in [-0.2, -0.15) is 0 Å². The first-order valence-corrected chi connectivity index (χ1v) is 9.74. The minimum absolute atomic E-state index is 0.0582. The number of aromatic nitrogens is 1. The zero-order chi connectivity index (χ0) is 20.4. The Bertz CT molecular complexity index is 1110. The van der Waals surface area contributed by atoms with E-state index in [2.05, 4.69) is 10.3 Å². The van der Waals surface area contributed by atoms with Crippen LogP contribution < -0.4 is 5.32 Å². The topological polar surface area (TPSA) is 79.3 Å². The first kappa shape index (κ1) is 18.9. The molecule has 146 valence electrons. The zero-order valence-electron chi connectivity index (χ0n) is 16.1. The van der Waals surface area contributed by atoms with Gasteiger partial charge in [0.1, 0.15) is 11.7 Å². The van der Waals surface area contributed by atoms with Crippen LogP contribution in [0.2, 0.25) is 0 Å². The number of benzene rings is 2. The maximum Gasteiger partial charge on any atom is 0.231 e. The van der Waals surface area contributed by atoms with Gasteiger partial charge < -0.3 is 10.4 Å². The second kappa shape index (κ2) is 7.87. The summed E-state index contributed by atoms with van der Waals surface area (Å²) in [4.78, 5) is 30.4. The smallest absolute Gasteiger partial charge is 0.231 e. The molecule has 2 aromatic carbocycles. The fourth-order valence-corrected chi connectivity index (χ4v) is 3.95. The van der Waals surface area contributed by atoms with Crippen LogP contribution >= 0.6 is 0 Å². The lowest BCUT2D eigenvalue weighted by Crippen LogP contribution is -2.37. The van der Waals surface area contributed by atoms with E-state index < -0.39 is 11.8 Å². The van der Waals surface area contributed by atoms with E-state index in [4.69, 9.17) is 0 Å². The predicted octanol–water partition coefficient (Wildman–Crippen LogP) is 4.26. The molecular weight excluding hydrogens is 364 g/mol. The van der Waals surface area contributed by atoms with Gasteiger partial charge >= 0.3 is 0 Å². The van der Waals surface area contributed by atoms with E-state index in [9.17, 15) is 14.7 Å². The van der Waals surface area contributed by atoms with E-state index in [1.807, 2.05) is 55.5 Å². The number of aliphatic hydroxyl groups excluding tert-OH is 1. The van der Waals surface area contributed by atoms with E-state index in [-0.39, 0.29) is 23.9 Å². The largest absolute Gasteiger partial charge is 0.511 e. The molecule has 2 unspecified atom stereocenters.